The van der Waals surface area contributed by atoms with Crippen LogP contribution >= 0.6 is 0 Å². The molecule has 1 aliphatic heterocycles. The minimum atomic E-state index is 0.716. The fourth-order valence-corrected chi connectivity index (χ4v) is 2.54. The molecule has 1 unspecified atom stereocenters. The normalized spacial score (nSPS) is 37.2. The molecule has 0 amide bonds. The van der Waals surface area contributed by atoms with Gasteiger partial charge in [-0.05, 0) is 31.7 Å². The lowest BCUT2D eigenvalue weighted by molar-refractivity contribution is 0.247. The average Bonchev–Trinajstić information content (AvgIpc) is 2.55. The van der Waals surface area contributed by atoms with E-state index in [4.69, 9.17) is 0 Å². The van der Waals surface area contributed by atoms with Crippen molar-refractivity contribution in [1.29, 1.82) is 0 Å². The summed E-state index contributed by atoms with van der Waals surface area (Å²) in [6, 6.07) is 0. The number of rotatable bonds is 1. The molecule has 1 aliphatic carbocycles. The van der Waals surface area contributed by atoms with Gasteiger partial charge in [-0.2, -0.15) is 0 Å². The highest BCUT2D eigenvalue weighted by molar-refractivity contribution is 5.08. The van der Waals surface area contributed by atoms with Crippen molar-refractivity contribution in [3.05, 3.63) is 0 Å². The number of likely N-dealkylation sites (tertiary alicyclic amines) is 1. The first-order chi connectivity index (χ1) is 4.77. The van der Waals surface area contributed by atoms with Crippen LogP contribution in [0.5, 0.6) is 0 Å². The quantitative estimate of drug-likeness (QED) is 0.536. The molecule has 1 spiro atoms. The first kappa shape index (κ1) is 6.66. The largest absolute Gasteiger partial charge is 0.298 e. The van der Waals surface area contributed by atoms with Gasteiger partial charge in [0.15, 0.2) is 0 Å². The van der Waals surface area contributed by atoms with E-state index in [1.807, 2.05) is 0 Å². The zero-order valence-corrected chi connectivity index (χ0v) is 7.06. The lowest BCUT2D eigenvalue weighted by Crippen LogP contribution is -2.30. The maximum Gasteiger partial charge on any atom is 0.0214 e. The van der Waals surface area contributed by atoms with Crippen molar-refractivity contribution in [3.8, 4) is 0 Å². The van der Waals surface area contributed by atoms with Gasteiger partial charge in [-0.1, -0.05) is 13.8 Å². The Morgan fingerprint density at radius 1 is 1.50 bits per heavy atom. The Hall–Kier alpha value is -0.0400. The molecular weight excluding hydrogens is 122 g/mol. The van der Waals surface area contributed by atoms with Gasteiger partial charge in [-0.3, -0.25) is 4.90 Å². The van der Waals surface area contributed by atoms with Crippen LogP contribution in [0.25, 0.3) is 0 Å². The topological polar surface area (TPSA) is 3.24 Å². The van der Waals surface area contributed by atoms with Gasteiger partial charge in [0.05, 0.1) is 0 Å². The highest BCUT2D eigenvalue weighted by Crippen LogP contribution is 2.50. The molecule has 0 aromatic heterocycles. The smallest absolute Gasteiger partial charge is 0.0214 e. The third-order valence-corrected chi connectivity index (χ3v) is 3.14. The van der Waals surface area contributed by atoms with Gasteiger partial charge < -0.3 is 0 Å². The zero-order chi connectivity index (χ0) is 7.19. The number of hydrogen-bond acceptors (Lipinski definition) is 1. The van der Waals surface area contributed by atoms with Gasteiger partial charge in [-0.25, -0.2) is 0 Å². The summed E-state index contributed by atoms with van der Waals surface area (Å²) in [6.07, 6.45) is 4.43. The Morgan fingerprint density at radius 2 is 2.20 bits per heavy atom. The van der Waals surface area contributed by atoms with E-state index in [0.717, 1.165) is 5.92 Å². The van der Waals surface area contributed by atoms with Crippen molar-refractivity contribution >= 4 is 0 Å². The lowest BCUT2D eigenvalue weighted by Gasteiger charge is -2.21. The van der Waals surface area contributed by atoms with Gasteiger partial charge >= 0.3 is 0 Å². The van der Waals surface area contributed by atoms with Crippen LogP contribution in [-0.2, 0) is 0 Å². The molecule has 10 heavy (non-hydrogen) atoms. The van der Waals surface area contributed by atoms with Gasteiger partial charge in [0, 0.05) is 12.1 Å². The molecule has 0 bridgehead atoms. The van der Waals surface area contributed by atoms with Crippen LogP contribution in [-0.4, -0.2) is 23.5 Å². The molecule has 0 radical (unpaired) electrons. The van der Waals surface area contributed by atoms with E-state index in [-0.39, 0.29) is 0 Å². The number of hydrogen-bond donors (Lipinski definition) is 0. The van der Waals surface area contributed by atoms with E-state index in [1.165, 1.54) is 32.4 Å². The summed E-state index contributed by atoms with van der Waals surface area (Å²) in [5.74, 6) is 0.961. The maximum atomic E-state index is 2.68. The van der Waals surface area contributed by atoms with Crippen molar-refractivity contribution < 1.29 is 0 Å². The molecule has 2 fully saturated rings. The van der Waals surface area contributed by atoms with Gasteiger partial charge in [0.25, 0.3) is 0 Å². The lowest BCUT2D eigenvalue weighted by atomic mass is 10.1. The van der Waals surface area contributed by atoms with Gasteiger partial charge in [0.2, 0.25) is 0 Å². The summed E-state index contributed by atoms with van der Waals surface area (Å²) >= 11 is 0. The van der Waals surface area contributed by atoms with E-state index >= 15 is 0 Å². The average molecular weight is 139 g/mol. The number of nitrogens with zero attached hydrogens (tertiary/aromatic N) is 1. The molecule has 1 atom stereocenters. The summed E-state index contributed by atoms with van der Waals surface area (Å²) in [6.45, 7) is 7.30. The Labute approximate surface area is 63.4 Å². The second kappa shape index (κ2) is 1.97. The van der Waals surface area contributed by atoms with Crippen LogP contribution in [0.4, 0.5) is 0 Å². The van der Waals surface area contributed by atoms with E-state index in [2.05, 4.69) is 18.7 Å². The summed E-state index contributed by atoms with van der Waals surface area (Å²) < 4.78 is 0. The van der Waals surface area contributed by atoms with E-state index in [0.29, 0.717) is 5.54 Å². The fraction of sp³-hybridized carbons (Fsp3) is 1.00. The fourth-order valence-electron chi connectivity index (χ4n) is 2.54. The maximum absolute atomic E-state index is 2.68. The van der Waals surface area contributed by atoms with Crippen LogP contribution in [0.3, 0.4) is 0 Å². The zero-order valence-electron chi connectivity index (χ0n) is 7.06. The third kappa shape index (κ3) is 0.800. The predicted octanol–water partition coefficient (Wildman–Crippen LogP) is 1.88. The van der Waals surface area contributed by atoms with Gasteiger partial charge in [-0.15, -0.1) is 0 Å². The molecule has 1 heteroatoms. The standard InChI is InChI=1S/C9H17N/c1-3-10-7-8(2)6-9(10)4-5-9/h8H,3-7H2,1-2H3. The van der Waals surface area contributed by atoms with Crippen molar-refractivity contribution in [2.24, 2.45) is 5.92 Å². The van der Waals surface area contributed by atoms with Crippen LogP contribution in [0.2, 0.25) is 0 Å². The molecular formula is C9H17N. The van der Waals surface area contributed by atoms with E-state index in [9.17, 15) is 0 Å². The molecule has 0 aromatic carbocycles. The second-order valence-electron chi connectivity index (χ2n) is 4.07. The van der Waals surface area contributed by atoms with Crippen molar-refractivity contribution in [3.63, 3.8) is 0 Å². The van der Waals surface area contributed by atoms with Crippen LogP contribution in [0, 0.1) is 5.92 Å². The van der Waals surface area contributed by atoms with Crippen molar-refractivity contribution in [2.75, 3.05) is 13.1 Å². The Kier molecular flexibility index (Phi) is 1.31. The Bertz CT molecular complexity index is 138. The summed E-state index contributed by atoms with van der Waals surface area (Å²) in [7, 11) is 0. The minimum Gasteiger partial charge on any atom is -0.298 e. The highest BCUT2D eigenvalue weighted by atomic mass is 15.2. The predicted molar refractivity (Wildman–Crippen MR) is 43.0 cm³/mol. The molecule has 0 N–H and O–H groups in total. The summed E-state index contributed by atoms with van der Waals surface area (Å²) in [4.78, 5) is 2.68. The highest BCUT2D eigenvalue weighted by Gasteiger charge is 2.51. The van der Waals surface area contributed by atoms with Crippen LogP contribution < -0.4 is 0 Å². The molecule has 1 saturated heterocycles. The molecule has 0 aromatic rings. The van der Waals surface area contributed by atoms with E-state index in [1.54, 1.807) is 0 Å². The SMILES string of the molecule is CCN1CC(C)CC12CC2. The molecule has 2 aliphatic rings. The molecule has 2 rings (SSSR count). The molecule has 1 nitrogen and oxygen atoms in total. The van der Waals surface area contributed by atoms with Crippen molar-refractivity contribution in [2.45, 2.75) is 38.6 Å². The Morgan fingerprint density at radius 3 is 2.60 bits per heavy atom. The van der Waals surface area contributed by atoms with Gasteiger partial charge in [0.1, 0.15) is 0 Å². The minimum absolute atomic E-state index is 0.716. The van der Waals surface area contributed by atoms with E-state index < -0.39 is 0 Å². The monoisotopic (exact) mass is 139 g/mol. The van der Waals surface area contributed by atoms with Crippen LogP contribution in [0.15, 0.2) is 0 Å². The molecule has 1 heterocycles. The summed E-state index contributed by atoms with van der Waals surface area (Å²) in [5, 5.41) is 0. The second-order valence-corrected chi connectivity index (χ2v) is 4.07. The first-order valence-corrected chi connectivity index (χ1v) is 4.52. The first-order valence-electron chi connectivity index (χ1n) is 4.52. The Balaban J connectivity index is 2.06. The third-order valence-electron chi connectivity index (χ3n) is 3.14. The summed E-state index contributed by atoms with van der Waals surface area (Å²) in [5.41, 5.74) is 0.716. The van der Waals surface area contributed by atoms with Crippen molar-refractivity contribution in [1.82, 2.24) is 4.90 Å². The molecule has 58 valence electrons. The molecule has 1 saturated carbocycles. The van der Waals surface area contributed by atoms with Crippen LogP contribution in [0.1, 0.15) is 33.1 Å².